The zero-order valence-electron chi connectivity index (χ0n) is 11.9. The van der Waals surface area contributed by atoms with Gasteiger partial charge >= 0.3 is 0 Å². The van der Waals surface area contributed by atoms with Crippen LogP contribution in [0.2, 0.25) is 0 Å². The van der Waals surface area contributed by atoms with Crippen LogP contribution in [0.1, 0.15) is 5.56 Å². The van der Waals surface area contributed by atoms with Gasteiger partial charge in [-0.05, 0) is 30.5 Å². The summed E-state index contributed by atoms with van der Waals surface area (Å²) in [5, 5.41) is 11.2. The summed E-state index contributed by atoms with van der Waals surface area (Å²) in [6.07, 6.45) is 3.43. The molecule has 108 valence electrons. The first-order valence-corrected chi connectivity index (χ1v) is 6.43. The average Bonchev–Trinajstić information content (AvgIpc) is 2.46. The Labute approximate surface area is 123 Å². The van der Waals surface area contributed by atoms with Gasteiger partial charge in [-0.2, -0.15) is 0 Å². The van der Waals surface area contributed by atoms with Crippen LogP contribution in [0.5, 0.6) is 11.5 Å². The Balaban J connectivity index is 2.44. The molecule has 0 saturated heterocycles. The summed E-state index contributed by atoms with van der Waals surface area (Å²) < 4.78 is 5.76. The minimum atomic E-state index is -0.410. The van der Waals surface area contributed by atoms with Crippen molar-refractivity contribution >= 4 is 11.8 Å². The molecule has 0 bridgehead atoms. The van der Waals surface area contributed by atoms with Gasteiger partial charge in [-0.15, -0.1) is 0 Å². The number of para-hydroxylation sites is 1. The summed E-state index contributed by atoms with van der Waals surface area (Å²) in [6, 6.07) is 14.0. The first kappa shape index (κ1) is 14.6. The summed E-state index contributed by atoms with van der Waals surface area (Å²) in [4.78, 5) is 12.6. The second kappa shape index (κ2) is 6.56. The fourth-order valence-corrected chi connectivity index (χ4v) is 1.79. The van der Waals surface area contributed by atoms with Crippen molar-refractivity contribution in [3.05, 3.63) is 70.4 Å². The molecule has 0 saturated carbocycles. The third-order valence-corrected chi connectivity index (χ3v) is 2.75. The molecule has 21 heavy (non-hydrogen) atoms. The quantitative estimate of drug-likeness (QED) is 0.617. The molecule has 0 aliphatic rings. The standard InChI is InChI=1S/C16H16N2O3/c1-17(2)12-11-14-15(18(19)20)9-6-10-16(14)21-13-7-4-3-5-8-13/h3-12H,1-2H3. The molecule has 2 aromatic carbocycles. The Bertz CT molecular complexity index is 652. The molecule has 0 aromatic heterocycles. The second-order valence-corrected chi connectivity index (χ2v) is 4.64. The molecule has 0 spiro atoms. The monoisotopic (exact) mass is 284 g/mol. The smallest absolute Gasteiger partial charge is 0.280 e. The number of benzene rings is 2. The van der Waals surface area contributed by atoms with Crippen molar-refractivity contribution in [3.8, 4) is 11.5 Å². The first-order valence-electron chi connectivity index (χ1n) is 6.43. The Morgan fingerprint density at radius 1 is 1.10 bits per heavy atom. The molecule has 0 N–H and O–H groups in total. The molecule has 0 atom stereocenters. The first-order chi connectivity index (χ1) is 10.1. The largest absolute Gasteiger partial charge is 0.456 e. The molecular formula is C16H16N2O3. The number of rotatable bonds is 5. The van der Waals surface area contributed by atoms with E-state index in [1.54, 1.807) is 36.5 Å². The van der Waals surface area contributed by atoms with E-state index in [9.17, 15) is 10.1 Å². The van der Waals surface area contributed by atoms with Gasteiger partial charge in [0.25, 0.3) is 5.69 Å². The van der Waals surface area contributed by atoms with Crippen molar-refractivity contribution < 1.29 is 9.66 Å². The average molecular weight is 284 g/mol. The van der Waals surface area contributed by atoms with Crippen molar-refractivity contribution in [1.82, 2.24) is 4.90 Å². The van der Waals surface area contributed by atoms with Gasteiger partial charge < -0.3 is 9.64 Å². The van der Waals surface area contributed by atoms with Crippen LogP contribution in [0.25, 0.3) is 6.08 Å². The lowest BCUT2D eigenvalue weighted by atomic mass is 10.1. The van der Waals surface area contributed by atoms with Gasteiger partial charge in [0.2, 0.25) is 0 Å². The van der Waals surface area contributed by atoms with Crippen LogP contribution in [0.15, 0.2) is 54.7 Å². The molecule has 5 nitrogen and oxygen atoms in total. The highest BCUT2D eigenvalue weighted by Crippen LogP contribution is 2.32. The zero-order valence-corrected chi connectivity index (χ0v) is 11.9. The molecule has 2 rings (SSSR count). The summed E-state index contributed by atoms with van der Waals surface area (Å²) in [7, 11) is 3.70. The summed E-state index contributed by atoms with van der Waals surface area (Å²) >= 11 is 0. The molecule has 0 radical (unpaired) electrons. The van der Waals surface area contributed by atoms with E-state index in [1.165, 1.54) is 6.07 Å². The number of hydrogen-bond acceptors (Lipinski definition) is 4. The van der Waals surface area contributed by atoms with E-state index in [-0.39, 0.29) is 5.69 Å². The molecule has 0 heterocycles. The molecule has 2 aromatic rings. The van der Waals surface area contributed by atoms with Gasteiger partial charge in [0, 0.05) is 20.2 Å². The van der Waals surface area contributed by atoms with Crippen LogP contribution in [-0.2, 0) is 0 Å². The molecule has 0 aliphatic carbocycles. The summed E-state index contributed by atoms with van der Waals surface area (Å²) in [6.45, 7) is 0. The van der Waals surface area contributed by atoms with Crippen LogP contribution in [0.4, 0.5) is 5.69 Å². The second-order valence-electron chi connectivity index (χ2n) is 4.64. The SMILES string of the molecule is CN(C)C=Cc1c(Oc2ccccc2)cccc1[N+](=O)[O-]. The molecule has 0 amide bonds. The Morgan fingerprint density at radius 2 is 1.81 bits per heavy atom. The predicted molar refractivity (Wildman–Crippen MR) is 82.3 cm³/mol. The van der Waals surface area contributed by atoms with Crippen LogP contribution in [0.3, 0.4) is 0 Å². The summed E-state index contributed by atoms with van der Waals surface area (Å²) in [5.74, 6) is 1.09. The van der Waals surface area contributed by atoms with Crippen molar-refractivity contribution in [1.29, 1.82) is 0 Å². The zero-order chi connectivity index (χ0) is 15.2. The fourth-order valence-electron chi connectivity index (χ4n) is 1.79. The van der Waals surface area contributed by atoms with E-state index >= 15 is 0 Å². The van der Waals surface area contributed by atoms with Gasteiger partial charge in [0.05, 0.1) is 10.5 Å². The Morgan fingerprint density at radius 3 is 2.43 bits per heavy atom. The third kappa shape index (κ3) is 3.82. The lowest BCUT2D eigenvalue weighted by molar-refractivity contribution is -0.385. The number of hydrogen-bond donors (Lipinski definition) is 0. The van der Waals surface area contributed by atoms with Crippen molar-refractivity contribution in [2.75, 3.05) is 14.1 Å². The Kier molecular flexibility index (Phi) is 4.56. The van der Waals surface area contributed by atoms with Gasteiger partial charge in [-0.1, -0.05) is 24.3 Å². The summed E-state index contributed by atoms with van der Waals surface area (Å²) in [5.41, 5.74) is 0.460. The minimum absolute atomic E-state index is 0.0153. The topological polar surface area (TPSA) is 55.6 Å². The normalized spacial score (nSPS) is 10.6. The molecule has 0 fully saturated rings. The maximum absolute atomic E-state index is 11.2. The number of nitrogens with zero attached hydrogens (tertiary/aromatic N) is 2. The van der Waals surface area contributed by atoms with Gasteiger partial charge in [-0.3, -0.25) is 10.1 Å². The highest BCUT2D eigenvalue weighted by Gasteiger charge is 2.16. The van der Waals surface area contributed by atoms with Crippen molar-refractivity contribution in [2.45, 2.75) is 0 Å². The van der Waals surface area contributed by atoms with E-state index in [0.29, 0.717) is 17.1 Å². The lowest BCUT2D eigenvalue weighted by Crippen LogP contribution is -2.01. The van der Waals surface area contributed by atoms with E-state index in [2.05, 4.69) is 0 Å². The fraction of sp³-hybridized carbons (Fsp3) is 0.125. The van der Waals surface area contributed by atoms with E-state index in [4.69, 9.17) is 4.74 Å². The van der Waals surface area contributed by atoms with Crippen molar-refractivity contribution in [2.24, 2.45) is 0 Å². The molecule has 0 aliphatic heterocycles. The van der Waals surface area contributed by atoms with E-state index < -0.39 is 4.92 Å². The highest BCUT2D eigenvalue weighted by molar-refractivity contribution is 5.67. The van der Waals surface area contributed by atoms with Gasteiger partial charge in [0.1, 0.15) is 11.5 Å². The number of nitro groups is 1. The number of nitro benzene ring substituents is 1. The van der Waals surface area contributed by atoms with Crippen LogP contribution < -0.4 is 4.74 Å². The lowest BCUT2D eigenvalue weighted by Gasteiger charge is -2.10. The van der Waals surface area contributed by atoms with Crippen LogP contribution in [-0.4, -0.2) is 23.9 Å². The number of ether oxygens (including phenoxy) is 1. The van der Waals surface area contributed by atoms with Gasteiger partial charge in [0.15, 0.2) is 0 Å². The van der Waals surface area contributed by atoms with E-state index in [1.807, 2.05) is 37.2 Å². The minimum Gasteiger partial charge on any atom is -0.456 e. The predicted octanol–water partition coefficient (Wildman–Crippen LogP) is 3.92. The van der Waals surface area contributed by atoms with Gasteiger partial charge in [-0.25, -0.2) is 0 Å². The maximum atomic E-state index is 11.2. The molecule has 5 heteroatoms. The molecule has 0 unspecified atom stereocenters. The Hall–Kier alpha value is -2.82. The van der Waals surface area contributed by atoms with Crippen molar-refractivity contribution in [3.63, 3.8) is 0 Å². The molecular weight excluding hydrogens is 268 g/mol. The van der Waals surface area contributed by atoms with E-state index in [0.717, 1.165) is 0 Å². The third-order valence-electron chi connectivity index (χ3n) is 2.75. The highest BCUT2D eigenvalue weighted by atomic mass is 16.6. The van der Waals surface area contributed by atoms with Crippen LogP contribution >= 0.6 is 0 Å². The van der Waals surface area contributed by atoms with Crippen LogP contribution in [0, 0.1) is 10.1 Å². The maximum Gasteiger partial charge on any atom is 0.280 e.